The van der Waals surface area contributed by atoms with Crippen molar-refractivity contribution in [3.05, 3.63) is 36.2 Å². The molecule has 3 aromatic heterocycles. The largest absolute Gasteiger partial charge is 0.488 e. The second-order valence-corrected chi connectivity index (χ2v) is 8.85. The van der Waals surface area contributed by atoms with Gasteiger partial charge in [0.1, 0.15) is 28.7 Å². The van der Waals surface area contributed by atoms with Crippen LogP contribution in [0.5, 0.6) is 11.6 Å². The Labute approximate surface area is 198 Å². The van der Waals surface area contributed by atoms with Gasteiger partial charge >= 0.3 is 0 Å². The third-order valence-electron chi connectivity index (χ3n) is 6.46. The Hall–Kier alpha value is -3.58. The first-order valence-corrected chi connectivity index (χ1v) is 11.7. The summed E-state index contributed by atoms with van der Waals surface area (Å²) in [5.41, 5.74) is 2.27. The molecule has 0 aromatic carbocycles. The van der Waals surface area contributed by atoms with E-state index < -0.39 is 0 Å². The highest BCUT2D eigenvalue weighted by Crippen LogP contribution is 2.33. The van der Waals surface area contributed by atoms with E-state index in [2.05, 4.69) is 38.5 Å². The van der Waals surface area contributed by atoms with Crippen LogP contribution in [0.3, 0.4) is 0 Å². The molecule has 1 unspecified atom stereocenters. The van der Waals surface area contributed by atoms with Gasteiger partial charge in [0.05, 0.1) is 44.0 Å². The van der Waals surface area contributed by atoms with E-state index in [1.165, 1.54) is 0 Å². The Bertz CT molecular complexity index is 1170. The summed E-state index contributed by atoms with van der Waals surface area (Å²) in [7, 11) is 1.58. The minimum atomic E-state index is 0.0732. The number of hydrogen-bond donors (Lipinski definition) is 1. The van der Waals surface area contributed by atoms with Crippen LogP contribution in [0, 0.1) is 11.3 Å². The van der Waals surface area contributed by atoms with E-state index in [0.717, 1.165) is 55.8 Å². The number of nitrogens with zero attached hydrogens (tertiary/aromatic N) is 6. The first-order chi connectivity index (χ1) is 16.6. The fourth-order valence-corrected chi connectivity index (χ4v) is 4.69. The Balaban J connectivity index is 1.29. The molecule has 34 heavy (non-hydrogen) atoms. The zero-order valence-electron chi connectivity index (χ0n) is 19.5. The summed E-state index contributed by atoms with van der Waals surface area (Å²) in [4.78, 5) is 2.28. The molecule has 2 aliphatic rings. The van der Waals surface area contributed by atoms with Crippen LogP contribution in [-0.4, -0.2) is 64.9 Å². The predicted molar refractivity (Wildman–Crippen MR) is 126 cm³/mol. The maximum absolute atomic E-state index is 9.60. The van der Waals surface area contributed by atoms with Crippen LogP contribution in [0.15, 0.2) is 30.6 Å². The molecule has 1 aliphatic heterocycles. The molecule has 2 fully saturated rings. The van der Waals surface area contributed by atoms with E-state index in [0.29, 0.717) is 29.8 Å². The molecule has 1 aliphatic carbocycles. The highest BCUT2D eigenvalue weighted by atomic mass is 16.5. The first-order valence-electron chi connectivity index (χ1n) is 11.7. The number of nitrogens with one attached hydrogen (secondary N) is 1. The molecule has 1 atom stereocenters. The van der Waals surface area contributed by atoms with Gasteiger partial charge in [-0.15, -0.1) is 10.2 Å². The van der Waals surface area contributed by atoms with Crippen LogP contribution in [-0.2, 0) is 4.74 Å². The zero-order valence-corrected chi connectivity index (χ0v) is 19.5. The lowest BCUT2D eigenvalue weighted by molar-refractivity contribution is 0.0531. The van der Waals surface area contributed by atoms with E-state index in [1.54, 1.807) is 23.9 Å². The Morgan fingerprint density at radius 3 is 2.76 bits per heavy atom. The second-order valence-electron chi connectivity index (χ2n) is 8.85. The van der Waals surface area contributed by atoms with E-state index in [9.17, 15) is 5.26 Å². The number of aromatic nitrogens is 4. The lowest BCUT2D eigenvalue weighted by atomic mass is 9.93. The molecular formula is C24H29N7O3. The maximum Gasteiger partial charge on any atom is 0.233 e. The van der Waals surface area contributed by atoms with Crippen molar-refractivity contribution in [2.75, 3.05) is 37.0 Å². The summed E-state index contributed by atoms with van der Waals surface area (Å²) in [5.74, 6) is 1.96. The van der Waals surface area contributed by atoms with Crippen molar-refractivity contribution in [2.24, 2.45) is 0 Å². The van der Waals surface area contributed by atoms with Gasteiger partial charge in [-0.3, -0.25) is 0 Å². The fraction of sp³-hybridized carbons (Fsp3) is 0.500. The summed E-state index contributed by atoms with van der Waals surface area (Å²) < 4.78 is 19.0. The summed E-state index contributed by atoms with van der Waals surface area (Å²) in [5, 5.41) is 25.7. The number of anilines is 2. The van der Waals surface area contributed by atoms with Crippen LogP contribution in [0.4, 0.5) is 11.5 Å². The normalized spacial score (nSPS) is 22.9. The number of ether oxygens (including phenoxy) is 3. The summed E-state index contributed by atoms with van der Waals surface area (Å²) >= 11 is 0. The van der Waals surface area contributed by atoms with Crippen molar-refractivity contribution >= 4 is 17.0 Å². The average Bonchev–Trinajstić information content (AvgIpc) is 3.29. The standard InChI is InChI=1S/C24H29N7O3/c1-16-14-30(9-10-33-16)19-11-21(24-17(12-25)13-26-31(24)15-19)34-20-5-3-18(4-6-20)27-22-7-8-23(32-2)29-28-22/h7-8,11,13,15-16,18,20H,3-6,9-10,14H2,1-2H3,(H,27,28). The van der Waals surface area contributed by atoms with Crippen molar-refractivity contribution in [1.29, 1.82) is 5.26 Å². The van der Waals surface area contributed by atoms with Crippen LogP contribution >= 0.6 is 0 Å². The van der Waals surface area contributed by atoms with E-state index in [-0.39, 0.29) is 12.2 Å². The van der Waals surface area contributed by atoms with Gasteiger partial charge in [-0.05, 0) is 38.7 Å². The summed E-state index contributed by atoms with van der Waals surface area (Å²) in [6.45, 7) is 4.39. The van der Waals surface area contributed by atoms with Gasteiger partial charge in [-0.2, -0.15) is 10.4 Å². The molecule has 4 heterocycles. The molecule has 1 saturated carbocycles. The highest BCUT2D eigenvalue weighted by molar-refractivity contribution is 5.72. The molecule has 10 nitrogen and oxygen atoms in total. The number of rotatable bonds is 6. The van der Waals surface area contributed by atoms with Gasteiger partial charge in [0.2, 0.25) is 5.88 Å². The average molecular weight is 464 g/mol. The highest BCUT2D eigenvalue weighted by Gasteiger charge is 2.25. The molecule has 1 N–H and O–H groups in total. The zero-order chi connectivity index (χ0) is 23.5. The minimum absolute atomic E-state index is 0.0732. The van der Waals surface area contributed by atoms with Gasteiger partial charge in [0, 0.05) is 31.3 Å². The maximum atomic E-state index is 9.60. The predicted octanol–water partition coefficient (Wildman–Crippen LogP) is 3.03. The van der Waals surface area contributed by atoms with Gasteiger partial charge in [-0.1, -0.05) is 0 Å². The lowest BCUT2D eigenvalue weighted by Crippen LogP contribution is -2.41. The summed E-state index contributed by atoms with van der Waals surface area (Å²) in [6.07, 6.45) is 7.54. The second kappa shape index (κ2) is 9.73. The monoisotopic (exact) mass is 463 g/mol. The van der Waals surface area contributed by atoms with Gasteiger partial charge in [0.15, 0.2) is 0 Å². The van der Waals surface area contributed by atoms with Crippen LogP contribution in [0.1, 0.15) is 38.2 Å². The molecule has 0 spiro atoms. The molecule has 0 radical (unpaired) electrons. The van der Waals surface area contributed by atoms with Gasteiger partial charge in [-0.25, -0.2) is 4.52 Å². The quantitative estimate of drug-likeness (QED) is 0.590. The third kappa shape index (κ3) is 4.70. The van der Waals surface area contributed by atoms with Gasteiger partial charge < -0.3 is 24.4 Å². The van der Waals surface area contributed by atoms with E-state index in [4.69, 9.17) is 14.2 Å². The van der Waals surface area contributed by atoms with Crippen molar-refractivity contribution in [3.63, 3.8) is 0 Å². The third-order valence-corrected chi connectivity index (χ3v) is 6.46. The Morgan fingerprint density at radius 1 is 1.21 bits per heavy atom. The van der Waals surface area contributed by atoms with E-state index >= 15 is 0 Å². The van der Waals surface area contributed by atoms with Crippen molar-refractivity contribution < 1.29 is 14.2 Å². The number of nitriles is 1. The van der Waals surface area contributed by atoms with Crippen molar-refractivity contribution in [1.82, 2.24) is 19.8 Å². The number of hydrogen-bond acceptors (Lipinski definition) is 9. The smallest absolute Gasteiger partial charge is 0.233 e. The molecular weight excluding hydrogens is 434 g/mol. The number of fused-ring (bicyclic) bond motifs is 1. The first kappa shape index (κ1) is 22.2. The molecule has 0 amide bonds. The molecule has 5 rings (SSSR count). The van der Waals surface area contributed by atoms with Crippen LogP contribution in [0.2, 0.25) is 0 Å². The molecule has 10 heteroatoms. The molecule has 178 valence electrons. The molecule has 0 bridgehead atoms. The SMILES string of the molecule is COc1ccc(NC2CCC(Oc3cc(N4CCOC(C)C4)cn4ncc(C#N)c34)CC2)nn1. The lowest BCUT2D eigenvalue weighted by Gasteiger charge is -2.33. The number of methoxy groups -OCH3 is 1. The van der Waals surface area contributed by atoms with Crippen LogP contribution in [0.25, 0.3) is 5.52 Å². The van der Waals surface area contributed by atoms with Crippen molar-refractivity contribution in [3.8, 4) is 17.7 Å². The number of pyridine rings is 1. The van der Waals surface area contributed by atoms with Gasteiger partial charge in [0.25, 0.3) is 0 Å². The topological polar surface area (TPSA) is 110 Å². The molecule has 1 saturated heterocycles. The van der Waals surface area contributed by atoms with Crippen molar-refractivity contribution in [2.45, 2.75) is 50.9 Å². The summed E-state index contributed by atoms with van der Waals surface area (Å²) in [6, 6.07) is 8.29. The number of morpholine rings is 1. The fourth-order valence-electron chi connectivity index (χ4n) is 4.69. The van der Waals surface area contributed by atoms with E-state index in [1.807, 2.05) is 18.3 Å². The Morgan fingerprint density at radius 2 is 2.06 bits per heavy atom. The molecule has 3 aromatic rings. The Kier molecular flexibility index (Phi) is 6.36. The minimum Gasteiger partial charge on any atom is -0.488 e. The van der Waals surface area contributed by atoms with Crippen LogP contribution < -0.4 is 19.7 Å².